The average Bonchev–Trinajstić information content (AvgIpc) is 2.61. The third kappa shape index (κ3) is 2.53. The molecule has 0 atom stereocenters. The van der Waals surface area contributed by atoms with Gasteiger partial charge in [-0.1, -0.05) is 23.2 Å². The van der Waals surface area contributed by atoms with Crippen molar-refractivity contribution in [3.8, 4) is 0 Å². The second-order valence-electron chi connectivity index (χ2n) is 5.35. The van der Waals surface area contributed by atoms with Crippen LogP contribution in [0.25, 0.3) is 10.9 Å². The van der Waals surface area contributed by atoms with Crippen LogP contribution in [0.3, 0.4) is 0 Å². The Balaban J connectivity index is 2.18. The van der Waals surface area contributed by atoms with Crippen LogP contribution in [-0.2, 0) is 19.4 Å². The van der Waals surface area contributed by atoms with Crippen molar-refractivity contribution in [2.24, 2.45) is 0 Å². The van der Waals surface area contributed by atoms with Gasteiger partial charge < -0.3 is 19.7 Å². The lowest BCUT2D eigenvalue weighted by molar-refractivity contribution is 0.147. The molecule has 0 saturated heterocycles. The van der Waals surface area contributed by atoms with Gasteiger partial charge in [0.2, 0.25) is 0 Å². The maximum absolute atomic E-state index is 11.2. The predicted molar refractivity (Wildman–Crippen MR) is 86.0 cm³/mol. The molecule has 0 spiro atoms. The lowest BCUT2D eigenvalue weighted by Crippen LogP contribution is -2.31. The van der Waals surface area contributed by atoms with Gasteiger partial charge in [0.1, 0.15) is 0 Å². The number of carboxylic acid groups (broad SMARTS) is 1. The summed E-state index contributed by atoms with van der Waals surface area (Å²) in [4.78, 5) is 12.6. The molecular formula is C15H16Cl2N2O3. The molecule has 7 heteroatoms. The van der Waals surface area contributed by atoms with Crippen molar-refractivity contribution in [2.45, 2.75) is 19.4 Å². The Morgan fingerprint density at radius 2 is 1.95 bits per heavy atom. The fourth-order valence-corrected chi connectivity index (χ4v) is 3.82. The summed E-state index contributed by atoms with van der Waals surface area (Å²) in [5.74, 6) is 0. The third-order valence-electron chi connectivity index (χ3n) is 4.15. The van der Waals surface area contributed by atoms with E-state index >= 15 is 0 Å². The summed E-state index contributed by atoms with van der Waals surface area (Å²) >= 11 is 12.5. The molecule has 2 N–H and O–H groups in total. The number of amides is 1. The normalized spacial score (nSPS) is 15.0. The zero-order valence-corrected chi connectivity index (χ0v) is 13.4. The number of aliphatic hydroxyl groups excluding tert-OH is 1. The van der Waals surface area contributed by atoms with Crippen LogP contribution in [-0.4, -0.2) is 45.5 Å². The van der Waals surface area contributed by atoms with E-state index in [1.165, 1.54) is 4.90 Å². The Labute approximate surface area is 137 Å². The molecule has 22 heavy (non-hydrogen) atoms. The Bertz CT molecular complexity index is 742. The highest BCUT2D eigenvalue weighted by molar-refractivity contribution is 6.38. The first kappa shape index (κ1) is 15.5. The van der Waals surface area contributed by atoms with E-state index in [4.69, 9.17) is 23.2 Å². The number of hydrogen-bond acceptors (Lipinski definition) is 2. The van der Waals surface area contributed by atoms with Crippen LogP contribution >= 0.6 is 23.2 Å². The lowest BCUT2D eigenvalue weighted by atomic mass is 10.1. The number of halogens is 2. The quantitative estimate of drug-likeness (QED) is 0.881. The first-order valence-electron chi connectivity index (χ1n) is 7.10. The van der Waals surface area contributed by atoms with E-state index in [9.17, 15) is 15.0 Å². The minimum Gasteiger partial charge on any atom is -0.465 e. The molecule has 3 rings (SSSR count). The van der Waals surface area contributed by atoms with Gasteiger partial charge >= 0.3 is 6.09 Å². The predicted octanol–water partition coefficient (Wildman–Crippen LogP) is 3.02. The largest absolute Gasteiger partial charge is 0.465 e. The molecule has 0 fully saturated rings. The first-order chi connectivity index (χ1) is 10.5. The number of hydrogen-bond donors (Lipinski definition) is 2. The van der Waals surface area contributed by atoms with Crippen molar-refractivity contribution < 1.29 is 15.0 Å². The molecule has 1 amide bonds. The topological polar surface area (TPSA) is 65.7 Å². The van der Waals surface area contributed by atoms with E-state index in [1.54, 1.807) is 6.07 Å². The second kappa shape index (κ2) is 5.99. The summed E-state index contributed by atoms with van der Waals surface area (Å²) < 4.78 is 2.01. The Morgan fingerprint density at radius 1 is 1.23 bits per heavy atom. The van der Waals surface area contributed by atoms with Gasteiger partial charge in [0, 0.05) is 42.2 Å². The first-order valence-corrected chi connectivity index (χ1v) is 7.86. The Kier molecular flexibility index (Phi) is 4.21. The van der Waals surface area contributed by atoms with E-state index in [2.05, 4.69) is 0 Å². The summed E-state index contributed by atoms with van der Waals surface area (Å²) in [7, 11) is 0. The van der Waals surface area contributed by atoms with Gasteiger partial charge in [-0.05, 0) is 24.1 Å². The molecule has 118 valence electrons. The Hall–Kier alpha value is -1.43. The van der Waals surface area contributed by atoms with E-state index in [0.29, 0.717) is 42.5 Å². The zero-order chi connectivity index (χ0) is 15.9. The highest BCUT2D eigenvalue weighted by Crippen LogP contribution is 2.36. The van der Waals surface area contributed by atoms with Gasteiger partial charge in [0.15, 0.2) is 0 Å². The van der Waals surface area contributed by atoms with Crippen molar-refractivity contribution in [2.75, 3.05) is 19.7 Å². The molecule has 1 aromatic heterocycles. The minimum absolute atomic E-state index is 0.00297. The number of benzene rings is 1. The number of nitrogens with zero attached hydrogens (tertiary/aromatic N) is 2. The maximum Gasteiger partial charge on any atom is 0.407 e. The SMILES string of the molecule is O=C(O)N1CCc2c(n(CCO)c3cc(Cl)cc(Cl)c23)CC1. The summed E-state index contributed by atoms with van der Waals surface area (Å²) in [5.41, 5.74) is 3.01. The molecule has 0 unspecified atom stereocenters. The van der Waals surface area contributed by atoms with Crippen LogP contribution in [0.4, 0.5) is 4.79 Å². The van der Waals surface area contributed by atoms with Crippen LogP contribution in [0.2, 0.25) is 10.0 Å². The molecule has 2 heterocycles. The van der Waals surface area contributed by atoms with Crippen LogP contribution in [0, 0.1) is 0 Å². The second-order valence-corrected chi connectivity index (χ2v) is 6.20. The van der Waals surface area contributed by atoms with Crippen LogP contribution in [0.5, 0.6) is 0 Å². The van der Waals surface area contributed by atoms with E-state index in [0.717, 1.165) is 22.2 Å². The van der Waals surface area contributed by atoms with Crippen LogP contribution in [0.15, 0.2) is 12.1 Å². The van der Waals surface area contributed by atoms with Crippen molar-refractivity contribution in [1.82, 2.24) is 9.47 Å². The molecule has 0 saturated carbocycles. The fourth-order valence-electron chi connectivity index (χ4n) is 3.23. The smallest absolute Gasteiger partial charge is 0.407 e. The minimum atomic E-state index is -0.905. The summed E-state index contributed by atoms with van der Waals surface area (Å²) in [6.07, 6.45) is 0.305. The number of aromatic nitrogens is 1. The average molecular weight is 343 g/mol. The van der Waals surface area contributed by atoms with E-state index in [-0.39, 0.29) is 6.61 Å². The maximum atomic E-state index is 11.2. The van der Waals surface area contributed by atoms with E-state index in [1.807, 2.05) is 10.6 Å². The summed E-state index contributed by atoms with van der Waals surface area (Å²) in [5, 5.41) is 20.6. The van der Waals surface area contributed by atoms with Crippen molar-refractivity contribution in [1.29, 1.82) is 0 Å². The molecule has 1 aromatic carbocycles. The number of rotatable bonds is 2. The Morgan fingerprint density at radius 3 is 2.64 bits per heavy atom. The van der Waals surface area contributed by atoms with Gasteiger partial charge in [-0.2, -0.15) is 0 Å². The van der Waals surface area contributed by atoms with Crippen molar-refractivity contribution in [3.05, 3.63) is 33.4 Å². The molecule has 1 aliphatic heterocycles. The highest BCUT2D eigenvalue weighted by Gasteiger charge is 2.25. The summed E-state index contributed by atoms with van der Waals surface area (Å²) in [6, 6.07) is 3.55. The number of carbonyl (C=O) groups is 1. The molecule has 0 bridgehead atoms. The monoisotopic (exact) mass is 342 g/mol. The van der Waals surface area contributed by atoms with Gasteiger partial charge in [-0.15, -0.1) is 0 Å². The molecule has 2 aromatic rings. The molecule has 0 radical (unpaired) electrons. The van der Waals surface area contributed by atoms with Crippen LogP contribution in [0.1, 0.15) is 11.3 Å². The van der Waals surface area contributed by atoms with Crippen molar-refractivity contribution in [3.63, 3.8) is 0 Å². The molecule has 5 nitrogen and oxygen atoms in total. The number of fused-ring (bicyclic) bond motifs is 3. The molecule has 0 aliphatic carbocycles. The third-order valence-corrected chi connectivity index (χ3v) is 4.66. The fraction of sp³-hybridized carbons (Fsp3) is 0.400. The zero-order valence-electron chi connectivity index (χ0n) is 11.9. The van der Waals surface area contributed by atoms with Crippen molar-refractivity contribution >= 4 is 40.2 Å². The lowest BCUT2D eigenvalue weighted by Gasteiger charge is -2.16. The van der Waals surface area contributed by atoms with E-state index < -0.39 is 6.09 Å². The number of aliphatic hydroxyl groups is 1. The van der Waals surface area contributed by atoms with Crippen LogP contribution < -0.4 is 0 Å². The molecule has 1 aliphatic rings. The highest BCUT2D eigenvalue weighted by atomic mass is 35.5. The van der Waals surface area contributed by atoms with Gasteiger partial charge in [-0.25, -0.2) is 4.79 Å². The summed E-state index contributed by atoms with van der Waals surface area (Å²) in [6.45, 7) is 1.33. The van der Waals surface area contributed by atoms with Gasteiger partial charge in [0.05, 0.1) is 17.1 Å². The standard InChI is InChI=1S/C15H16Cl2N2O3/c16-9-7-11(17)14-10-1-3-18(15(21)22)4-2-12(10)19(5-6-20)13(14)8-9/h7-8,20H,1-6H2,(H,21,22). The molecular weight excluding hydrogens is 327 g/mol. The van der Waals surface area contributed by atoms with Gasteiger partial charge in [0.25, 0.3) is 0 Å². The van der Waals surface area contributed by atoms with Gasteiger partial charge in [-0.3, -0.25) is 0 Å².